The van der Waals surface area contributed by atoms with Crippen molar-refractivity contribution in [1.29, 1.82) is 0 Å². The molecule has 10 heteroatoms. The van der Waals surface area contributed by atoms with Gasteiger partial charge in [-0.1, -0.05) is 20.8 Å². The quantitative estimate of drug-likeness (QED) is 0.369. The number of aliphatic carboxylic acids is 3. The minimum Gasteiger partial charge on any atom is -0.481 e. The van der Waals surface area contributed by atoms with Gasteiger partial charge in [-0.25, -0.2) is 0 Å². The lowest BCUT2D eigenvalue weighted by molar-refractivity contribution is -0.137. The highest BCUT2D eigenvalue weighted by Crippen LogP contribution is 1.68. The Kier molecular flexibility index (Phi) is 29.6. The van der Waals surface area contributed by atoms with E-state index in [4.69, 9.17) is 30.4 Å². The lowest BCUT2D eigenvalue weighted by Crippen LogP contribution is -2.07. The van der Waals surface area contributed by atoms with Gasteiger partial charge in [0.05, 0.1) is 0 Å². The van der Waals surface area contributed by atoms with Gasteiger partial charge < -0.3 is 30.4 Å². The molecule has 0 aromatic carbocycles. The monoisotopic (exact) mass is 284 g/mol. The zero-order valence-corrected chi connectivity index (χ0v) is 11.1. The van der Waals surface area contributed by atoms with Crippen molar-refractivity contribution >= 4 is 25.2 Å². The maximum Gasteiger partial charge on any atom is 0.631 e. The molecule has 0 unspecified atom stereocenters. The van der Waals surface area contributed by atoms with Gasteiger partial charge in [-0.05, 0) is 0 Å². The van der Waals surface area contributed by atoms with Crippen LogP contribution in [-0.2, 0) is 14.4 Å². The van der Waals surface area contributed by atoms with Gasteiger partial charge in [0, 0.05) is 19.3 Å². The first-order valence-corrected chi connectivity index (χ1v) is 5.24. The van der Waals surface area contributed by atoms with Crippen LogP contribution in [0.3, 0.4) is 0 Å². The molecule has 0 aliphatic rings. The largest absolute Gasteiger partial charge is 0.631 e. The summed E-state index contributed by atoms with van der Waals surface area (Å²) in [5.74, 6) is -2.24. The maximum absolute atomic E-state index is 9.37. The highest BCUT2D eigenvalue weighted by atomic mass is 16.5. The average Bonchev–Trinajstić information content (AvgIpc) is 2.29. The molecule has 0 fully saturated rings. The van der Waals surface area contributed by atoms with E-state index in [-0.39, 0.29) is 19.3 Å². The number of carboxylic acids is 3. The van der Waals surface area contributed by atoms with Gasteiger partial charge in [-0.3, -0.25) is 14.4 Å². The molecule has 19 heavy (non-hydrogen) atoms. The summed E-state index contributed by atoms with van der Waals surface area (Å²) in [6, 6.07) is 0. The van der Waals surface area contributed by atoms with Crippen LogP contribution in [0.1, 0.15) is 40.0 Å². The van der Waals surface area contributed by atoms with E-state index in [1.165, 1.54) is 0 Å². The predicted octanol–water partition coefficient (Wildman–Crippen LogP) is -0.609. The SMILES string of the molecule is CCC(=O)O.CCC(=O)O.CCC(=O)O.OB(O)O. The summed E-state index contributed by atoms with van der Waals surface area (Å²) in [7, 11) is -2.17. The highest BCUT2D eigenvalue weighted by Gasteiger charge is 1.92. The molecule has 9 nitrogen and oxygen atoms in total. The second-order valence-electron chi connectivity index (χ2n) is 2.59. The van der Waals surface area contributed by atoms with Gasteiger partial charge in [-0.15, -0.1) is 0 Å². The van der Waals surface area contributed by atoms with Crippen LogP contribution >= 0.6 is 0 Å². The first kappa shape index (κ1) is 26.0. The minimum absolute atomic E-state index is 0.222. The Balaban J connectivity index is -0.0000000793. The Morgan fingerprint density at radius 3 is 0.737 bits per heavy atom. The van der Waals surface area contributed by atoms with Crippen LogP contribution in [0.2, 0.25) is 0 Å². The van der Waals surface area contributed by atoms with Crippen LogP contribution in [0.25, 0.3) is 0 Å². The van der Waals surface area contributed by atoms with E-state index < -0.39 is 25.2 Å². The van der Waals surface area contributed by atoms with Gasteiger partial charge >= 0.3 is 25.2 Å². The lowest BCUT2D eigenvalue weighted by atomic mass is 10.3. The van der Waals surface area contributed by atoms with E-state index >= 15 is 0 Å². The molecule has 0 atom stereocenters. The molecule has 114 valence electrons. The van der Waals surface area contributed by atoms with Gasteiger partial charge in [-0.2, -0.15) is 0 Å². The Bertz CT molecular complexity index is 194. The van der Waals surface area contributed by atoms with E-state index in [9.17, 15) is 14.4 Å². The Labute approximate surface area is 111 Å². The molecule has 0 saturated heterocycles. The van der Waals surface area contributed by atoms with Crippen molar-refractivity contribution in [2.24, 2.45) is 0 Å². The summed E-state index contributed by atoms with van der Waals surface area (Å²) in [6.45, 7) is 4.80. The van der Waals surface area contributed by atoms with Crippen LogP contribution in [0.4, 0.5) is 0 Å². The van der Waals surface area contributed by atoms with Gasteiger partial charge in [0.15, 0.2) is 0 Å². The van der Waals surface area contributed by atoms with Crippen molar-refractivity contribution in [3.63, 3.8) is 0 Å². The Morgan fingerprint density at radius 1 is 0.684 bits per heavy atom. The van der Waals surface area contributed by atoms with Crippen molar-refractivity contribution in [3.8, 4) is 0 Å². The smallest absolute Gasteiger partial charge is 0.481 e. The molecule has 0 heterocycles. The van der Waals surface area contributed by atoms with Crippen molar-refractivity contribution < 1.29 is 44.8 Å². The van der Waals surface area contributed by atoms with E-state index in [1.807, 2.05) is 0 Å². The zero-order valence-electron chi connectivity index (χ0n) is 11.1. The summed E-state index contributed by atoms with van der Waals surface area (Å²) in [6.07, 6.45) is 0.667. The van der Waals surface area contributed by atoms with E-state index in [1.54, 1.807) is 20.8 Å². The molecule has 0 rings (SSSR count). The number of hydrogen-bond acceptors (Lipinski definition) is 6. The number of carbonyl (C=O) groups is 3. The molecule has 0 aliphatic heterocycles. The van der Waals surface area contributed by atoms with Crippen LogP contribution in [0, 0.1) is 0 Å². The standard InChI is InChI=1S/3C3H6O2.BH3O3/c3*1-2-3(4)5;2-1(3)4/h3*2H2,1H3,(H,4,5);2-4H. The minimum atomic E-state index is -2.17. The first-order chi connectivity index (χ1) is 8.54. The predicted molar refractivity (Wildman–Crippen MR) is 66.2 cm³/mol. The van der Waals surface area contributed by atoms with Crippen molar-refractivity contribution in [3.05, 3.63) is 0 Å². The van der Waals surface area contributed by atoms with Crippen LogP contribution in [-0.4, -0.2) is 55.6 Å². The topological polar surface area (TPSA) is 173 Å². The third-order valence-electron chi connectivity index (χ3n) is 0.907. The zero-order chi connectivity index (χ0) is 16.4. The average molecular weight is 284 g/mol. The maximum atomic E-state index is 9.37. The third kappa shape index (κ3) is 178. The molecule has 0 spiro atoms. The summed E-state index contributed by atoms with van der Waals surface area (Å²) in [5.41, 5.74) is 0. The van der Waals surface area contributed by atoms with E-state index in [0.29, 0.717) is 0 Å². The fourth-order valence-corrected chi connectivity index (χ4v) is 0. The summed E-state index contributed by atoms with van der Waals surface area (Å²) >= 11 is 0. The molecule has 6 N–H and O–H groups in total. The summed E-state index contributed by atoms with van der Waals surface area (Å²) in [4.78, 5) is 28.1. The van der Waals surface area contributed by atoms with Gasteiger partial charge in [0.1, 0.15) is 0 Å². The second-order valence-corrected chi connectivity index (χ2v) is 2.59. The van der Waals surface area contributed by atoms with E-state index in [2.05, 4.69) is 0 Å². The number of hydrogen-bond donors (Lipinski definition) is 6. The molecular weight excluding hydrogens is 263 g/mol. The molecule has 0 bridgehead atoms. The van der Waals surface area contributed by atoms with Crippen molar-refractivity contribution in [2.45, 2.75) is 40.0 Å². The van der Waals surface area contributed by atoms with Crippen molar-refractivity contribution in [1.82, 2.24) is 0 Å². The fourth-order valence-electron chi connectivity index (χ4n) is 0. The van der Waals surface area contributed by atoms with Gasteiger partial charge in [0.25, 0.3) is 0 Å². The normalized spacial score (nSPS) is 7.26. The molecule has 0 aromatic heterocycles. The summed E-state index contributed by atoms with van der Waals surface area (Å²) < 4.78 is 0. The molecular formula is C9H21BO9. The number of rotatable bonds is 3. The van der Waals surface area contributed by atoms with Gasteiger partial charge in [0.2, 0.25) is 0 Å². The van der Waals surface area contributed by atoms with Crippen LogP contribution in [0.5, 0.6) is 0 Å². The Morgan fingerprint density at radius 2 is 0.737 bits per heavy atom. The fraction of sp³-hybridized carbons (Fsp3) is 0.667. The molecule has 0 radical (unpaired) electrons. The number of carboxylic acid groups (broad SMARTS) is 3. The second kappa shape index (κ2) is 21.6. The molecule has 0 amide bonds. The van der Waals surface area contributed by atoms with Crippen LogP contribution in [0.15, 0.2) is 0 Å². The lowest BCUT2D eigenvalue weighted by Gasteiger charge is -1.71. The van der Waals surface area contributed by atoms with E-state index in [0.717, 1.165) is 0 Å². The van der Waals surface area contributed by atoms with Crippen molar-refractivity contribution in [2.75, 3.05) is 0 Å². The molecule has 0 aliphatic carbocycles. The van der Waals surface area contributed by atoms with Crippen LogP contribution < -0.4 is 0 Å². The highest BCUT2D eigenvalue weighted by molar-refractivity contribution is 6.30. The summed E-state index contributed by atoms with van der Waals surface area (Å²) in [5, 5.41) is 44.7. The molecule has 0 saturated carbocycles. The molecule has 0 aromatic rings. The third-order valence-corrected chi connectivity index (χ3v) is 0.907. The first-order valence-electron chi connectivity index (χ1n) is 5.24. The Hall–Kier alpha value is -1.65.